The number of halogens is 1. The minimum Gasteiger partial charge on any atom is -0.396 e. The highest BCUT2D eigenvalue weighted by molar-refractivity contribution is 7.99. The van der Waals surface area contributed by atoms with Crippen molar-refractivity contribution in [1.82, 2.24) is 15.0 Å². The third-order valence-corrected chi connectivity index (χ3v) is 2.29. The summed E-state index contributed by atoms with van der Waals surface area (Å²) in [6.45, 7) is 0.0886. The Labute approximate surface area is 91.5 Å². The second kappa shape index (κ2) is 5.33. The average Bonchev–Trinajstić information content (AvgIpc) is 2.14. The molecule has 0 radical (unpaired) electrons. The van der Waals surface area contributed by atoms with Crippen LogP contribution >= 0.6 is 23.4 Å². The molecule has 14 heavy (non-hydrogen) atoms. The summed E-state index contributed by atoms with van der Waals surface area (Å²) >= 11 is 7.05. The van der Waals surface area contributed by atoms with Crippen LogP contribution < -0.4 is 4.90 Å². The number of thioether (sulfide) groups is 1. The number of anilines is 1. The van der Waals surface area contributed by atoms with E-state index in [2.05, 4.69) is 15.0 Å². The van der Waals surface area contributed by atoms with Crippen molar-refractivity contribution in [3.63, 3.8) is 0 Å². The van der Waals surface area contributed by atoms with Crippen LogP contribution in [0.15, 0.2) is 5.16 Å². The van der Waals surface area contributed by atoms with E-state index in [0.717, 1.165) is 0 Å². The van der Waals surface area contributed by atoms with Gasteiger partial charge >= 0.3 is 0 Å². The molecular formula is C7H11ClN4OS. The van der Waals surface area contributed by atoms with Gasteiger partial charge in [0.25, 0.3) is 0 Å². The Balaban J connectivity index is 2.84. The van der Waals surface area contributed by atoms with Crippen molar-refractivity contribution < 1.29 is 5.11 Å². The van der Waals surface area contributed by atoms with Gasteiger partial charge in [-0.1, -0.05) is 11.8 Å². The minimum atomic E-state index is 0.0886. The lowest BCUT2D eigenvalue weighted by Crippen LogP contribution is -2.13. The lowest BCUT2D eigenvalue weighted by Gasteiger charge is -2.10. The highest BCUT2D eigenvalue weighted by Crippen LogP contribution is 2.16. The maximum absolute atomic E-state index is 8.64. The largest absolute Gasteiger partial charge is 0.396 e. The molecule has 0 fully saturated rings. The summed E-state index contributed by atoms with van der Waals surface area (Å²) < 4.78 is 0. The van der Waals surface area contributed by atoms with Crippen LogP contribution in [0.25, 0.3) is 0 Å². The van der Waals surface area contributed by atoms with Crippen molar-refractivity contribution >= 4 is 29.3 Å². The zero-order chi connectivity index (χ0) is 10.6. The highest BCUT2D eigenvalue weighted by atomic mass is 35.5. The van der Waals surface area contributed by atoms with Gasteiger partial charge in [-0.15, -0.1) is 0 Å². The van der Waals surface area contributed by atoms with E-state index < -0.39 is 0 Å². The van der Waals surface area contributed by atoms with Crippen LogP contribution in [0.3, 0.4) is 0 Å². The molecule has 5 nitrogen and oxygen atoms in total. The van der Waals surface area contributed by atoms with Crippen LogP contribution in [0, 0.1) is 0 Å². The van der Waals surface area contributed by atoms with Crippen molar-refractivity contribution in [3.05, 3.63) is 5.28 Å². The van der Waals surface area contributed by atoms with Gasteiger partial charge in [0.2, 0.25) is 11.2 Å². The van der Waals surface area contributed by atoms with Crippen LogP contribution in [-0.2, 0) is 0 Å². The third-order valence-electron chi connectivity index (χ3n) is 1.30. The zero-order valence-electron chi connectivity index (χ0n) is 7.94. The molecule has 0 aliphatic rings. The van der Waals surface area contributed by atoms with Gasteiger partial charge in [-0.05, 0) is 11.6 Å². The standard InChI is InChI=1S/C7H11ClN4OS/c1-12(2)6-9-5(8)10-7(11-6)14-4-3-13/h13H,3-4H2,1-2H3. The van der Waals surface area contributed by atoms with Crippen molar-refractivity contribution in [3.8, 4) is 0 Å². The fourth-order valence-corrected chi connectivity index (χ4v) is 1.50. The van der Waals surface area contributed by atoms with Crippen LogP contribution in [0.1, 0.15) is 0 Å². The molecule has 0 bridgehead atoms. The van der Waals surface area contributed by atoms with Crippen molar-refractivity contribution in [1.29, 1.82) is 0 Å². The zero-order valence-corrected chi connectivity index (χ0v) is 9.51. The first kappa shape index (κ1) is 11.5. The lowest BCUT2D eigenvalue weighted by molar-refractivity contribution is 0.322. The molecule has 1 N–H and O–H groups in total. The molecule has 1 rings (SSSR count). The predicted molar refractivity (Wildman–Crippen MR) is 57.0 cm³/mol. The van der Waals surface area contributed by atoms with E-state index in [4.69, 9.17) is 16.7 Å². The van der Waals surface area contributed by atoms with Crippen molar-refractivity contribution in [2.45, 2.75) is 5.16 Å². The van der Waals surface area contributed by atoms with E-state index in [-0.39, 0.29) is 11.9 Å². The molecule has 0 spiro atoms. The fourth-order valence-electron chi connectivity index (χ4n) is 0.723. The summed E-state index contributed by atoms with van der Waals surface area (Å²) in [7, 11) is 3.65. The number of aliphatic hydroxyl groups is 1. The Morgan fingerprint density at radius 3 is 2.64 bits per heavy atom. The van der Waals surface area contributed by atoms with Gasteiger partial charge in [0, 0.05) is 19.8 Å². The van der Waals surface area contributed by atoms with Crippen LogP contribution in [0.2, 0.25) is 5.28 Å². The van der Waals surface area contributed by atoms with E-state index >= 15 is 0 Å². The Kier molecular flexibility index (Phi) is 4.37. The monoisotopic (exact) mass is 234 g/mol. The summed E-state index contributed by atoms with van der Waals surface area (Å²) in [5.41, 5.74) is 0. The van der Waals surface area contributed by atoms with E-state index in [0.29, 0.717) is 16.9 Å². The summed E-state index contributed by atoms with van der Waals surface area (Å²) in [6, 6.07) is 0. The maximum Gasteiger partial charge on any atom is 0.230 e. The summed E-state index contributed by atoms with van der Waals surface area (Å²) in [5, 5.41) is 9.34. The second-order valence-corrected chi connectivity index (χ2v) is 4.05. The van der Waals surface area contributed by atoms with E-state index in [9.17, 15) is 0 Å². The number of hydrogen-bond donors (Lipinski definition) is 1. The number of rotatable bonds is 4. The molecule has 7 heteroatoms. The summed E-state index contributed by atoms with van der Waals surface area (Å²) in [4.78, 5) is 13.7. The molecule has 78 valence electrons. The van der Waals surface area contributed by atoms with Crippen molar-refractivity contribution in [2.24, 2.45) is 0 Å². The molecule has 0 aliphatic carbocycles. The fraction of sp³-hybridized carbons (Fsp3) is 0.571. The molecule has 1 heterocycles. The normalized spacial score (nSPS) is 10.3. The molecule has 1 aromatic rings. The Hall–Kier alpha value is -0.590. The SMILES string of the molecule is CN(C)c1nc(Cl)nc(SCCO)n1. The molecule has 0 aliphatic heterocycles. The Morgan fingerprint density at radius 2 is 2.07 bits per heavy atom. The molecule has 0 saturated heterocycles. The summed E-state index contributed by atoms with van der Waals surface area (Å²) in [5.74, 6) is 1.07. The first-order valence-corrected chi connectivity index (χ1v) is 5.32. The Bertz CT molecular complexity index is 310. The molecule has 0 saturated carbocycles. The van der Waals surface area contributed by atoms with Crippen LogP contribution in [-0.4, -0.2) is 46.5 Å². The maximum atomic E-state index is 8.64. The molecule has 0 unspecified atom stereocenters. The topological polar surface area (TPSA) is 62.1 Å². The molecule has 0 aromatic carbocycles. The smallest absolute Gasteiger partial charge is 0.230 e. The minimum absolute atomic E-state index is 0.0886. The van der Waals surface area contributed by atoms with Crippen LogP contribution in [0.4, 0.5) is 5.95 Å². The van der Waals surface area contributed by atoms with Gasteiger partial charge in [0.1, 0.15) is 0 Å². The average molecular weight is 235 g/mol. The first-order valence-electron chi connectivity index (χ1n) is 3.96. The number of nitrogens with zero attached hydrogens (tertiary/aromatic N) is 4. The molecule has 1 aromatic heterocycles. The lowest BCUT2D eigenvalue weighted by atomic mass is 10.8. The predicted octanol–water partition coefficient (Wildman–Crippen LogP) is 0.675. The number of aliphatic hydroxyl groups excluding tert-OH is 1. The molecular weight excluding hydrogens is 224 g/mol. The van der Waals surface area contributed by atoms with E-state index in [1.54, 1.807) is 4.90 Å². The van der Waals surface area contributed by atoms with Gasteiger partial charge < -0.3 is 10.0 Å². The third kappa shape index (κ3) is 3.28. The van der Waals surface area contributed by atoms with Gasteiger partial charge in [0.15, 0.2) is 5.16 Å². The van der Waals surface area contributed by atoms with Crippen molar-refractivity contribution in [2.75, 3.05) is 31.4 Å². The second-order valence-electron chi connectivity index (χ2n) is 2.65. The van der Waals surface area contributed by atoms with Gasteiger partial charge in [-0.3, -0.25) is 0 Å². The Morgan fingerprint density at radius 1 is 1.36 bits per heavy atom. The number of hydrogen-bond acceptors (Lipinski definition) is 6. The van der Waals surface area contributed by atoms with Gasteiger partial charge in [0.05, 0.1) is 6.61 Å². The van der Waals surface area contributed by atoms with Gasteiger partial charge in [-0.2, -0.15) is 15.0 Å². The number of aromatic nitrogens is 3. The molecule has 0 amide bonds. The van der Waals surface area contributed by atoms with E-state index in [1.807, 2.05) is 14.1 Å². The van der Waals surface area contributed by atoms with Crippen LogP contribution in [0.5, 0.6) is 0 Å². The first-order chi connectivity index (χ1) is 6.63. The highest BCUT2D eigenvalue weighted by Gasteiger charge is 2.06. The quantitative estimate of drug-likeness (QED) is 0.773. The van der Waals surface area contributed by atoms with E-state index in [1.165, 1.54) is 11.8 Å². The van der Waals surface area contributed by atoms with Gasteiger partial charge in [-0.25, -0.2) is 0 Å². The molecule has 0 atom stereocenters. The summed E-state index contributed by atoms with van der Waals surface area (Å²) in [6.07, 6.45) is 0.